The summed E-state index contributed by atoms with van der Waals surface area (Å²) in [5.41, 5.74) is -6.91. The molecular formula is C21H17O9-. The number of Topliss-reactive ketones (excluding diaryl/α,β-unsaturated/α-hetero) is 3. The lowest BCUT2D eigenvalue weighted by molar-refractivity contribution is -0.344. The minimum absolute atomic E-state index is 0.0664. The minimum Gasteiger partial charge on any atom is -0.873 e. The highest BCUT2D eigenvalue weighted by Gasteiger charge is 2.62. The Labute approximate surface area is 169 Å². The Morgan fingerprint density at radius 1 is 1.13 bits per heavy atom. The summed E-state index contributed by atoms with van der Waals surface area (Å²) in [5.74, 6) is -5.60. The molecule has 4 N–H and O–H groups in total. The first-order chi connectivity index (χ1) is 14.0. The van der Waals surface area contributed by atoms with Crippen LogP contribution in [-0.2, 0) is 16.0 Å². The lowest BCUT2D eigenvalue weighted by Gasteiger charge is -2.52. The number of methoxy groups -OCH3 is 1. The van der Waals surface area contributed by atoms with E-state index in [1.807, 2.05) is 0 Å². The number of ketones is 3. The fraction of sp³-hybridized carbons (Fsp3) is 0.286. The zero-order valence-electron chi connectivity index (χ0n) is 16.0. The number of phenolic OH excluding ortho intramolecular Hbond substituents is 2. The smallest absolute Gasteiger partial charge is 0.204 e. The van der Waals surface area contributed by atoms with Crippen LogP contribution in [0.2, 0.25) is 0 Å². The van der Waals surface area contributed by atoms with Crippen LogP contribution in [0.5, 0.6) is 17.2 Å². The first kappa shape index (κ1) is 19.9. The summed E-state index contributed by atoms with van der Waals surface area (Å²) in [5, 5.41) is 56.1. The van der Waals surface area contributed by atoms with Gasteiger partial charge in [-0.25, -0.2) is 0 Å². The van der Waals surface area contributed by atoms with Crippen molar-refractivity contribution >= 4 is 28.1 Å². The third kappa shape index (κ3) is 2.27. The van der Waals surface area contributed by atoms with Gasteiger partial charge in [0.15, 0.2) is 17.2 Å². The fourth-order valence-corrected chi connectivity index (χ4v) is 4.40. The SMILES string of the molecule is COc1cc(O)c2c(O)c3c(cc2c1)CC1(O)CC(=O)C(C(C)=O)=C([O-])C1(O)C3=O. The maximum absolute atomic E-state index is 13.2. The normalized spacial score (nSPS) is 25.9. The van der Waals surface area contributed by atoms with Crippen molar-refractivity contribution in [3.8, 4) is 17.2 Å². The number of hydrogen-bond donors (Lipinski definition) is 4. The van der Waals surface area contributed by atoms with E-state index >= 15 is 0 Å². The third-order valence-corrected chi connectivity index (χ3v) is 5.83. The van der Waals surface area contributed by atoms with E-state index in [0.717, 1.165) is 6.92 Å². The van der Waals surface area contributed by atoms with Crippen LogP contribution >= 0.6 is 0 Å². The van der Waals surface area contributed by atoms with Crippen molar-refractivity contribution in [1.82, 2.24) is 0 Å². The van der Waals surface area contributed by atoms with Gasteiger partial charge in [-0.15, -0.1) is 0 Å². The number of carbonyl (C=O) groups is 3. The molecular weight excluding hydrogens is 396 g/mol. The average molecular weight is 413 g/mol. The highest BCUT2D eigenvalue weighted by Crippen LogP contribution is 2.50. The lowest BCUT2D eigenvalue weighted by atomic mass is 9.61. The molecule has 2 aliphatic carbocycles. The van der Waals surface area contributed by atoms with Gasteiger partial charge in [0.05, 0.1) is 23.6 Å². The standard InChI is InChI=1S/C21H18O9/c1-8(22)14-13(24)7-20(28)6-10-3-9-4-11(30-2)5-12(23)15(9)17(25)16(10)19(27)21(20,29)18(14)26/h3-5,23,25-26,28-29H,6-7H2,1-2H3/p-1. The second kappa shape index (κ2) is 6.04. The monoisotopic (exact) mass is 413 g/mol. The molecule has 2 aromatic carbocycles. The molecule has 0 aromatic heterocycles. The number of aromatic hydroxyl groups is 2. The molecule has 0 saturated heterocycles. The quantitative estimate of drug-likeness (QED) is 0.481. The summed E-state index contributed by atoms with van der Waals surface area (Å²) in [6.07, 6.45) is -1.34. The molecule has 0 spiro atoms. The summed E-state index contributed by atoms with van der Waals surface area (Å²) >= 11 is 0. The predicted octanol–water partition coefficient (Wildman–Crippen LogP) is -0.363. The Morgan fingerprint density at radius 3 is 2.40 bits per heavy atom. The second-order valence-corrected chi connectivity index (χ2v) is 7.61. The molecule has 0 saturated carbocycles. The maximum atomic E-state index is 13.2. The number of aliphatic hydroxyl groups is 2. The van der Waals surface area contributed by atoms with Crippen LogP contribution in [-0.4, -0.2) is 56.1 Å². The highest BCUT2D eigenvalue weighted by atomic mass is 16.5. The average Bonchev–Trinajstić information content (AvgIpc) is 2.63. The van der Waals surface area contributed by atoms with Gasteiger partial charge in [-0.2, -0.15) is 0 Å². The van der Waals surface area contributed by atoms with Gasteiger partial charge < -0.3 is 30.3 Å². The largest absolute Gasteiger partial charge is 0.873 e. The van der Waals surface area contributed by atoms with Crippen molar-refractivity contribution in [3.63, 3.8) is 0 Å². The molecule has 2 unspecified atom stereocenters. The summed E-state index contributed by atoms with van der Waals surface area (Å²) < 4.78 is 5.07. The topological polar surface area (TPSA) is 164 Å². The van der Waals surface area contributed by atoms with Crippen LogP contribution in [0.15, 0.2) is 29.5 Å². The van der Waals surface area contributed by atoms with E-state index in [1.165, 1.54) is 25.3 Å². The number of carbonyl (C=O) groups excluding carboxylic acids is 3. The van der Waals surface area contributed by atoms with Gasteiger partial charge in [-0.05, 0) is 30.0 Å². The van der Waals surface area contributed by atoms with E-state index in [0.29, 0.717) is 0 Å². The Bertz CT molecular complexity index is 1210. The van der Waals surface area contributed by atoms with Gasteiger partial charge in [0.2, 0.25) is 5.78 Å². The molecule has 9 heteroatoms. The molecule has 2 atom stereocenters. The summed E-state index contributed by atoms with van der Waals surface area (Å²) in [4.78, 5) is 37.3. The molecule has 2 aliphatic rings. The molecule has 9 nitrogen and oxygen atoms in total. The molecule has 0 heterocycles. The van der Waals surface area contributed by atoms with Crippen LogP contribution in [0.4, 0.5) is 0 Å². The molecule has 0 fully saturated rings. The number of hydrogen-bond acceptors (Lipinski definition) is 9. The first-order valence-corrected chi connectivity index (χ1v) is 8.97. The zero-order chi connectivity index (χ0) is 22.2. The molecule has 30 heavy (non-hydrogen) atoms. The van der Waals surface area contributed by atoms with E-state index in [-0.39, 0.29) is 22.1 Å². The lowest BCUT2D eigenvalue weighted by Crippen LogP contribution is -2.69. The number of fused-ring (bicyclic) bond motifs is 3. The number of ether oxygens (including phenoxy) is 1. The number of benzene rings is 2. The van der Waals surface area contributed by atoms with Gasteiger partial charge in [0.25, 0.3) is 0 Å². The van der Waals surface area contributed by atoms with E-state index < -0.39 is 69.8 Å². The summed E-state index contributed by atoms with van der Waals surface area (Å²) in [6, 6.07) is 4.07. The molecule has 4 rings (SSSR count). The molecule has 0 bridgehead atoms. The fourth-order valence-electron chi connectivity index (χ4n) is 4.40. The van der Waals surface area contributed by atoms with Gasteiger partial charge in [-0.3, -0.25) is 14.4 Å². The number of allylic oxidation sites excluding steroid dienone is 1. The number of rotatable bonds is 2. The van der Waals surface area contributed by atoms with E-state index in [9.17, 15) is 39.9 Å². The van der Waals surface area contributed by atoms with Crippen molar-refractivity contribution in [2.45, 2.75) is 31.0 Å². The van der Waals surface area contributed by atoms with Gasteiger partial charge in [0, 0.05) is 18.9 Å². The van der Waals surface area contributed by atoms with Crippen molar-refractivity contribution in [2.24, 2.45) is 0 Å². The second-order valence-electron chi connectivity index (χ2n) is 7.61. The number of phenols is 2. The van der Waals surface area contributed by atoms with Crippen molar-refractivity contribution in [3.05, 3.63) is 40.7 Å². The van der Waals surface area contributed by atoms with Gasteiger partial charge in [0.1, 0.15) is 22.8 Å². The Balaban J connectivity index is 2.06. The van der Waals surface area contributed by atoms with Crippen LogP contribution < -0.4 is 9.84 Å². The van der Waals surface area contributed by atoms with Crippen molar-refractivity contribution in [1.29, 1.82) is 0 Å². The highest BCUT2D eigenvalue weighted by molar-refractivity contribution is 6.24. The van der Waals surface area contributed by atoms with Crippen LogP contribution in [0.1, 0.15) is 29.3 Å². The van der Waals surface area contributed by atoms with Crippen molar-refractivity contribution in [2.75, 3.05) is 7.11 Å². The Kier molecular flexibility index (Phi) is 4.00. The van der Waals surface area contributed by atoms with Crippen molar-refractivity contribution < 1.29 is 44.7 Å². The summed E-state index contributed by atoms with van der Waals surface area (Å²) in [6.45, 7) is 0.941. The minimum atomic E-state index is -3.12. The maximum Gasteiger partial charge on any atom is 0.204 e. The summed E-state index contributed by atoms with van der Waals surface area (Å²) in [7, 11) is 1.37. The first-order valence-electron chi connectivity index (χ1n) is 8.97. The molecule has 156 valence electrons. The molecule has 0 amide bonds. The third-order valence-electron chi connectivity index (χ3n) is 5.83. The van der Waals surface area contributed by atoms with E-state index in [1.54, 1.807) is 0 Å². The predicted molar refractivity (Wildman–Crippen MR) is 99.1 cm³/mol. The Hall–Kier alpha value is -3.43. The zero-order valence-corrected chi connectivity index (χ0v) is 16.0. The van der Waals surface area contributed by atoms with Crippen LogP contribution in [0.3, 0.4) is 0 Å². The van der Waals surface area contributed by atoms with Crippen LogP contribution in [0, 0.1) is 0 Å². The van der Waals surface area contributed by atoms with E-state index in [2.05, 4.69) is 0 Å². The van der Waals surface area contributed by atoms with E-state index in [4.69, 9.17) is 4.74 Å². The molecule has 2 aromatic rings. The van der Waals surface area contributed by atoms with Gasteiger partial charge in [-0.1, -0.05) is 5.76 Å². The van der Waals surface area contributed by atoms with Crippen LogP contribution in [0.25, 0.3) is 10.8 Å². The Morgan fingerprint density at radius 2 is 1.80 bits per heavy atom. The van der Waals surface area contributed by atoms with Gasteiger partial charge >= 0.3 is 0 Å². The molecule has 0 aliphatic heterocycles. The molecule has 0 radical (unpaired) electrons.